The SMILES string of the molecule is CCCn1c(-c2cscn2)nnc1S(=O)(=O)Cl. The van der Waals surface area contributed by atoms with Crippen LogP contribution in [0.1, 0.15) is 13.3 Å². The van der Waals surface area contributed by atoms with E-state index in [4.69, 9.17) is 10.7 Å². The highest BCUT2D eigenvalue weighted by Crippen LogP contribution is 2.22. The summed E-state index contributed by atoms with van der Waals surface area (Å²) in [6, 6.07) is 0. The Morgan fingerprint density at radius 1 is 1.47 bits per heavy atom. The number of aromatic nitrogens is 4. The first kappa shape index (κ1) is 12.5. The third-order valence-corrected chi connectivity index (χ3v) is 3.78. The van der Waals surface area contributed by atoms with Gasteiger partial charge in [0.15, 0.2) is 5.82 Å². The highest BCUT2D eigenvalue weighted by atomic mass is 35.7. The van der Waals surface area contributed by atoms with Crippen LogP contribution >= 0.6 is 22.0 Å². The van der Waals surface area contributed by atoms with E-state index in [0.29, 0.717) is 18.1 Å². The summed E-state index contributed by atoms with van der Waals surface area (Å²) in [6.45, 7) is 2.40. The quantitative estimate of drug-likeness (QED) is 0.802. The average molecular weight is 293 g/mol. The molecule has 0 fully saturated rings. The van der Waals surface area contributed by atoms with Gasteiger partial charge in [0.1, 0.15) is 5.69 Å². The van der Waals surface area contributed by atoms with E-state index in [1.54, 1.807) is 10.9 Å². The number of hydrogen-bond donors (Lipinski definition) is 0. The topological polar surface area (TPSA) is 77.7 Å². The van der Waals surface area contributed by atoms with Gasteiger partial charge in [0.2, 0.25) is 0 Å². The van der Waals surface area contributed by atoms with Crippen molar-refractivity contribution in [3.63, 3.8) is 0 Å². The molecule has 0 saturated carbocycles. The first-order chi connectivity index (χ1) is 8.04. The van der Waals surface area contributed by atoms with Gasteiger partial charge in [-0.05, 0) is 6.42 Å². The summed E-state index contributed by atoms with van der Waals surface area (Å²) in [6.07, 6.45) is 0.745. The molecular formula is C8H9ClN4O2S2. The normalized spacial score (nSPS) is 11.9. The fourth-order valence-corrected chi connectivity index (χ4v) is 2.86. The molecule has 0 bridgehead atoms. The monoisotopic (exact) mass is 292 g/mol. The molecule has 2 aromatic heterocycles. The smallest absolute Gasteiger partial charge is 0.296 e. The van der Waals surface area contributed by atoms with Gasteiger partial charge in [-0.25, -0.2) is 13.4 Å². The lowest BCUT2D eigenvalue weighted by atomic mass is 10.4. The Morgan fingerprint density at radius 3 is 2.76 bits per heavy atom. The summed E-state index contributed by atoms with van der Waals surface area (Å²) < 4.78 is 24.1. The van der Waals surface area contributed by atoms with Crippen LogP contribution in [0.4, 0.5) is 0 Å². The summed E-state index contributed by atoms with van der Waals surface area (Å²) in [5, 5.41) is 9.00. The van der Waals surface area contributed by atoms with Crippen LogP contribution in [0.3, 0.4) is 0 Å². The van der Waals surface area contributed by atoms with E-state index in [1.165, 1.54) is 15.9 Å². The van der Waals surface area contributed by atoms with Crippen LogP contribution in [0.2, 0.25) is 0 Å². The summed E-state index contributed by atoms with van der Waals surface area (Å²) in [4.78, 5) is 4.08. The van der Waals surface area contributed by atoms with Gasteiger partial charge in [-0.3, -0.25) is 4.57 Å². The Bertz CT molecular complexity index is 606. The molecule has 0 aliphatic rings. The Labute approximate surface area is 107 Å². The van der Waals surface area contributed by atoms with E-state index < -0.39 is 9.05 Å². The molecule has 0 saturated heterocycles. The number of thiazole rings is 1. The first-order valence-electron chi connectivity index (χ1n) is 4.80. The van der Waals surface area contributed by atoms with E-state index in [9.17, 15) is 8.42 Å². The standard InChI is InChI=1S/C8H9ClN4O2S2/c1-2-3-13-7(6-4-16-5-10-6)11-12-8(13)17(9,14)15/h4-5H,2-3H2,1H3. The van der Waals surface area contributed by atoms with Gasteiger partial charge >= 0.3 is 0 Å². The van der Waals surface area contributed by atoms with Crippen LogP contribution in [0, 0.1) is 0 Å². The molecule has 6 nitrogen and oxygen atoms in total. The Morgan fingerprint density at radius 2 is 2.24 bits per heavy atom. The molecule has 0 amide bonds. The maximum absolute atomic E-state index is 11.3. The van der Waals surface area contributed by atoms with Gasteiger partial charge in [0.05, 0.1) is 5.51 Å². The number of nitrogens with zero attached hydrogens (tertiary/aromatic N) is 4. The van der Waals surface area contributed by atoms with Crippen molar-refractivity contribution < 1.29 is 8.42 Å². The molecule has 2 aromatic rings. The molecule has 2 rings (SSSR count). The lowest BCUT2D eigenvalue weighted by molar-refractivity contribution is 0.569. The van der Waals surface area contributed by atoms with Gasteiger partial charge in [0, 0.05) is 22.6 Å². The van der Waals surface area contributed by atoms with Gasteiger partial charge in [-0.15, -0.1) is 21.5 Å². The van der Waals surface area contributed by atoms with Crippen LogP contribution < -0.4 is 0 Å². The van der Waals surface area contributed by atoms with Gasteiger partial charge in [0.25, 0.3) is 14.2 Å². The van der Waals surface area contributed by atoms with Crippen molar-refractivity contribution in [2.75, 3.05) is 0 Å². The van der Waals surface area contributed by atoms with Crippen molar-refractivity contribution in [1.82, 2.24) is 19.7 Å². The third-order valence-electron chi connectivity index (χ3n) is 2.04. The maximum atomic E-state index is 11.3. The van der Waals surface area contributed by atoms with Gasteiger partial charge in [-0.2, -0.15) is 0 Å². The molecule has 0 spiro atoms. The Kier molecular flexibility index (Phi) is 3.45. The van der Waals surface area contributed by atoms with Gasteiger partial charge < -0.3 is 0 Å². The molecule has 0 N–H and O–H groups in total. The zero-order valence-electron chi connectivity index (χ0n) is 8.87. The van der Waals surface area contributed by atoms with Crippen molar-refractivity contribution in [3.8, 4) is 11.5 Å². The van der Waals surface area contributed by atoms with E-state index in [0.717, 1.165) is 6.42 Å². The molecule has 0 unspecified atom stereocenters. The molecule has 9 heteroatoms. The molecule has 0 aliphatic heterocycles. The Balaban J connectivity index is 2.59. The van der Waals surface area contributed by atoms with Crippen LogP contribution in [-0.4, -0.2) is 28.2 Å². The van der Waals surface area contributed by atoms with Crippen molar-refractivity contribution in [3.05, 3.63) is 10.9 Å². The predicted molar refractivity (Wildman–Crippen MR) is 64.5 cm³/mol. The van der Waals surface area contributed by atoms with Crippen molar-refractivity contribution in [2.45, 2.75) is 25.0 Å². The first-order valence-corrected chi connectivity index (χ1v) is 8.05. The van der Waals surface area contributed by atoms with Crippen LogP contribution in [-0.2, 0) is 15.6 Å². The van der Waals surface area contributed by atoms with E-state index in [2.05, 4.69) is 15.2 Å². The summed E-state index contributed by atoms with van der Waals surface area (Å²) >= 11 is 1.40. The predicted octanol–water partition coefficient (Wildman–Crippen LogP) is 1.74. The van der Waals surface area contributed by atoms with E-state index in [-0.39, 0.29) is 5.16 Å². The second-order valence-corrected chi connectivity index (χ2v) is 6.45. The summed E-state index contributed by atoms with van der Waals surface area (Å²) in [7, 11) is 1.42. The molecular weight excluding hydrogens is 284 g/mol. The van der Waals surface area contributed by atoms with Crippen LogP contribution in [0.5, 0.6) is 0 Å². The molecule has 0 atom stereocenters. The minimum atomic E-state index is -3.89. The maximum Gasteiger partial charge on any atom is 0.296 e. The molecule has 0 aliphatic carbocycles. The second kappa shape index (κ2) is 4.71. The number of rotatable bonds is 4. The second-order valence-electron chi connectivity index (χ2n) is 3.27. The van der Waals surface area contributed by atoms with Crippen molar-refractivity contribution >= 4 is 31.1 Å². The fraction of sp³-hybridized carbons (Fsp3) is 0.375. The van der Waals surface area contributed by atoms with Crippen LogP contribution in [0.25, 0.3) is 11.5 Å². The van der Waals surface area contributed by atoms with E-state index >= 15 is 0 Å². The Hall–Kier alpha value is -0.990. The fourth-order valence-electron chi connectivity index (χ4n) is 1.41. The molecule has 0 aromatic carbocycles. The molecule has 17 heavy (non-hydrogen) atoms. The lowest BCUT2D eigenvalue weighted by Gasteiger charge is -2.04. The van der Waals surface area contributed by atoms with Crippen LogP contribution in [0.15, 0.2) is 16.0 Å². The summed E-state index contributed by atoms with van der Waals surface area (Å²) in [5.41, 5.74) is 2.25. The zero-order valence-corrected chi connectivity index (χ0v) is 11.3. The number of hydrogen-bond acceptors (Lipinski definition) is 6. The van der Waals surface area contributed by atoms with Gasteiger partial charge in [-0.1, -0.05) is 6.92 Å². The van der Waals surface area contributed by atoms with Crippen molar-refractivity contribution in [2.24, 2.45) is 0 Å². The molecule has 0 radical (unpaired) electrons. The lowest BCUT2D eigenvalue weighted by Crippen LogP contribution is -2.07. The highest BCUT2D eigenvalue weighted by Gasteiger charge is 2.23. The molecule has 2 heterocycles. The molecule has 92 valence electrons. The number of halogens is 1. The minimum absolute atomic E-state index is 0.232. The largest absolute Gasteiger partial charge is 0.296 e. The zero-order chi connectivity index (χ0) is 12.5. The van der Waals surface area contributed by atoms with E-state index in [1.807, 2.05) is 6.92 Å². The minimum Gasteiger partial charge on any atom is -0.296 e. The summed E-state index contributed by atoms with van der Waals surface area (Å²) in [5.74, 6) is 0.423. The average Bonchev–Trinajstić information content (AvgIpc) is 2.82. The van der Waals surface area contributed by atoms with Crippen molar-refractivity contribution in [1.29, 1.82) is 0 Å². The highest BCUT2D eigenvalue weighted by molar-refractivity contribution is 8.13. The third kappa shape index (κ3) is 2.48.